The van der Waals surface area contributed by atoms with Crippen molar-refractivity contribution in [3.63, 3.8) is 0 Å². The molecule has 3 heteroatoms. The second kappa shape index (κ2) is 10.0. The van der Waals surface area contributed by atoms with Crippen molar-refractivity contribution in [2.24, 2.45) is 11.7 Å². The Hall–Kier alpha value is -1.79. The summed E-state index contributed by atoms with van der Waals surface area (Å²) < 4.78 is 0. The van der Waals surface area contributed by atoms with Crippen LogP contribution in [0.1, 0.15) is 50.7 Å². The van der Waals surface area contributed by atoms with E-state index in [1.807, 2.05) is 24.3 Å². The van der Waals surface area contributed by atoms with Crippen LogP contribution < -0.4 is 11.1 Å². The Bertz CT molecular complexity index is 482. The summed E-state index contributed by atoms with van der Waals surface area (Å²) in [4.78, 5) is 12.1. The lowest BCUT2D eigenvalue weighted by atomic mass is 9.98. The molecule has 114 valence electrons. The number of benzene rings is 1. The maximum Gasteiger partial charge on any atom is 0.223 e. The minimum Gasteiger partial charge on any atom is -0.352 e. The van der Waals surface area contributed by atoms with Gasteiger partial charge in [-0.15, -0.1) is 0 Å². The van der Waals surface area contributed by atoms with Gasteiger partial charge >= 0.3 is 0 Å². The highest BCUT2D eigenvalue weighted by atomic mass is 16.1. The van der Waals surface area contributed by atoms with Gasteiger partial charge in [-0.25, -0.2) is 0 Å². The first-order valence-electron chi connectivity index (χ1n) is 7.76. The quantitative estimate of drug-likeness (QED) is 0.757. The molecule has 3 nitrogen and oxygen atoms in total. The van der Waals surface area contributed by atoms with Gasteiger partial charge in [0.25, 0.3) is 0 Å². The molecule has 0 aromatic heterocycles. The number of carbonyl (C=O) groups is 1. The predicted octanol–water partition coefficient (Wildman–Crippen LogP) is 2.83. The molecule has 1 atom stereocenters. The molecule has 3 N–H and O–H groups in total. The third-order valence-electron chi connectivity index (χ3n) is 3.53. The van der Waals surface area contributed by atoms with Crippen molar-refractivity contribution < 1.29 is 4.79 Å². The summed E-state index contributed by atoms with van der Waals surface area (Å²) in [7, 11) is 0. The first-order valence-corrected chi connectivity index (χ1v) is 7.76. The van der Waals surface area contributed by atoms with Crippen LogP contribution >= 0.6 is 0 Å². The average molecular weight is 286 g/mol. The first-order chi connectivity index (χ1) is 10.2. The monoisotopic (exact) mass is 286 g/mol. The van der Waals surface area contributed by atoms with Gasteiger partial charge in [0.15, 0.2) is 0 Å². The highest BCUT2D eigenvalue weighted by Crippen LogP contribution is 2.13. The van der Waals surface area contributed by atoms with Gasteiger partial charge in [0.2, 0.25) is 5.91 Å². The summed E-state index contributed by atoms with van der Waals surface area (Å²) in [6.45, 7) is 5.17. The molecule has 1 aromatic rings. The standard InChI is InChI=1S/C18H26N2O/c1-3-5-8-17(4-2)18(21)20-14-16-11-9-15(10-12-16)7-6-13-19/h9-12,17H,3-5,8,13-14,19H2,1-2H3,(H,20,21). The van der Waals surface area contributed by atoms with Crippen LogP contribution in [0.25, 0.3) is 0 Å². The number of nitrogens with one attached hydrogen (secondary N) is 1. The van der Waals surface area contributed by atoms with Crippen molar-refractivity contribution in [1.29, 1.82) is 0 Å². The van der Waals surface area contributed by atoms with Crippen LogP contribution in [0.2, 0.25) is 0 Å². The van der Waals surface area contributed by atoms with Crippen molar-refractivity contribution in [1.82, 2.24) is 5.32 Å². The number of unbranched alkanes of at least 4 members (excludes halogenated alkanes) is 1. The second-order valence-corrected chi connectivity index (χ2v) is 5.17. The molecule has 1 aromatic carbocycles. The fraction of sp³-hybridized carbons (Fsp3) is 0.500. The summed E-state index contributed by atoms with van der Waals surface area (Å²) in [5.41, 5.74) is 7.38. The fourth-order valence-electron chi connectivity index (χ4n) is 2.16. The van der Waals surface area contributed by atoms with Gasteiger partial charge < -0.3 is 11.1 Å². The molecule has 0 saturated carbocycles. The fourth-order valence-corrected chi connectivity index (χ4v) is 2.16. The van der Waals surface area contributed by atoms with Crippen molar-refractivity contribution >= 4 is 5.91 Å². The van der Waals surface area contributed by atoms with Gasteiger partial charge in [0, 0.05) is 18.0 Å². The van der Waals surface area contributed by atoms with E-state index < -0.39 is 0 Å². The highest BCUT2D eigenvalue weighted by Gasteiger charge is 2.14. The second-order valence-electron chi connectivity index (χ2n) is 5.17. The molecular formula is C18H26N2O. The largest absolute Gasteiger partial charge is 0.352 e. The summed E-state index contributed by atoms with van der Waals surface area (Å²) in [5, 5.41) is 3.03. The topological polar surface area (TPSA) is 55.1 Å². The van der Waals surface area contributed by atoms with E-state index in [1.165, 1.54) is 0 Å². The van der Waals surface area contributed by atoms with Crippen LogP contribution in [0.3, 0.4) is 0 Å². The highest BCUT2D eigenvalue weighted by molar-refractivity contribution is 5.78. The van der Waals surface area contributed by atoms with E-state index in [4.69, 9.17) is 5.73 Å². The zero-order chi connectivity index (χ0) is 15.5. The number of hydrogen-bond donors (Lipinski definition) is 2. The maximum atomic E-state index is 12.1. The Morgan fingerprint density at radius 2 is 2.00 bits per heavy atom. The molecule has 1 amide bonds. The SMILES string of the molecule is CCCCC(CC)C(=O)NCc1ccc(C#CCN)cc1. The number of nitrogens with two attached hydrogens (primary N) is 1. The van der Waals surface area contributed by atoms with Crippen LogP contribution in [0, 0.1) is 17.8 Å². The lowest BCUT2D eigenvalue weighted by molar-refractivity contribution is -0.125. The first kappa shape index (κ1) is 17.3. The van der Waals surface area contributed by atoms with Gasteiger partial charge in [0.1, 0.15) is 0 Å². The summed E-state index contributed by atoms with van der Waals surface area (Å²) >= 11 is 0. The zero-order valence-corrected chi connectivity index (χ0v) is 13.1. The Labute approximate surface area is 128 Å². The summed E-state index contributed by atoms with van der Waals surface area (Å²) in [5.74, 6) is 6.11. The number of carbonyl (C=O) groups excluding carboxylic acids is 1. The van der Waals surface area contributed by atoms with E-state index >= 15 is 0 Å². The van der Waals surface area contributed by atoms with Gasteiger partial charge in [-0.3, -0.25) is 4.79 Å². The molecule has 1 unspecified atom stereocenters. The Kier molecular flexibility index (Phi) is 8.23. The molecule has 0 saturated heterocycles. The van der Waals surface area contributed by atoms with Crippen LogP contribution in [-0.2, 0) is 11.3 Å². The molecule has 0 bridgehead atoms. The molecule has 0 aliphatic rings. The van der Waals surface area contributed by atoms with Crippen LogP contribution in [0.5, 0.6) is 0 Å². The minimum absolute atomic E-state index is 0.139. The van der Waals surface area contributed by atoms with Crippen molar-refractivity contribution in [3.8, 4) is 11.8 Å². The van der Waals surface area contributed by atoms with Gasteiger partial charge in [-0.05, 0) is 30.5 Å². The van der Waals surface area contributed by atoms with Crippen molar-refractivity contribution in [3.05, 3.63) is 35.4 Å². The zero-order valence-electron chi connectivity index (χ0n) is 13.1. The van der Waals surface area contributed by atoms with E-state index in [1.54, 1.807) is 0 Å². The number of hydrogen-bond acceptors (Lipinski definition) is 2. The van der Waals surface area contributed by atoms with Gasteiger partial charge in [0.05, 0.1) is 6.54 Å². The van der Waals surface area contributed by atoms with E-state index in [0.29, 0.717) is 13.1 Å². The molecular weight excluding hydrogens is 260 g/mol. The Morgan fingerprint density at radius 1 is 1.29 bits per heavy atom. The Balaban J connectivity index is 2.48. The van der Waals surface area contributed by atoms with Crippen LogP contribution in [0.15, 0.2) is 24.3 Å². The molecule has 0 heterocycles. The molecule has 0 radical (unpaired) electrons. The molecule has 21 heavy (non-hydrogen) atoms. The molecule has 0 aliphatic carbocycles. The van der Waals surface area contributed by atoms with E-state index in [0.717, 1.165) is 36.8 Å². The molecule has 0 fully saturated rings. The Morgan fingerprint density at radius 3 is 2.57 bits per heavy atom. The predicted molar refractivity (Wildman–Crippen MR) is 87.5 cm³/mol. The number of rotatable bonds is 7. The van der Waals surface area contributed by atoms with Gasteiger partial charge in [-0.1, -0.05) is 50.7 Å². The van der Waals surface area contributed by atoms with Gasteiger partial charge in [-0.2, -0.15) is 0 Å². The van der Waals surface area contributed by atoms with Crippen molar-refractivity contribution in [2.45, 2.75) is 46.1 Å². The lowest BCUT2D eigenvalue weighted by Gasteiger charge is -2.14. The molecule has 0 aliphatic heterocycles. The normalized spacial score (nSPS) is 11.4. The maximum absolute atomic E-state index is 12.1. The number of amides is 1. The van der Waals surface area contributed by atoms with Crippen LogP contribution in [-0.4, -0.2) is 12.5 Å². The third kappa shape index (κ3) is 6.46. The summed E-state index contributed by atoms with van der Waals surface area (Å²) in [6.07, 6.45) is 4.13. The molecule has 0 spiro atoms. The third-order valence-corrected chi connectivity index (χ3v) is 3.53. The minimum atomic E-state index is 0.139. The van der Waals surface area contributed by atoms with E-state index in [2.05, 4.69) is 31.0 Å². The van der Waals surface area contributed by atoms with E-state index in [9.17, 15) is 4.79 Å². The average Bonchev–Trinajstić information content (AvgIpc) is 2.52. The van der Waals surface area contributed by atoms with E-state index in [-0.39, 0.29) is 11.8 Å². The lowest BCUT2D eigenvalue weighted by Crippen LogP contribution is -2.30. The smallest absolute Gasteiger partial charge is 0.223 e. The van der Waals surface area contributed by atoms with Crippen LogP contribution in [0.4, 0.5) is 0 Å². The summed E-state index contributed by atoms with van der Waals surface area (Å²) in [6, 6.07) is 7.90. The van der Waals surface area contributed by atoms with Crippen molar-refractivity contribution in [2.75, 3.05) is 6.54 Å². The molecule has 1 rings (SSSR count).